The molecule has 0 spiro atoms. The van der Waals surface area contributed by atoms with E-state index in [9.17, 15) is 8.42 Å². The summed E-state index contributed by atoms with van der Waals surface area (Å²) in [6.45, 7) is 2.22. The maximum absolute atomic E-state index is 12.0. The molecular weight excluding hydrogens is 280 g/mol. The number of rotatable bonds is 5. The van der Waals surface area contributed by atoms with Gasteiger partial charge in [-0.25, -0.2) is 13.1 Å². The molecule has 0 bridgehead atoms. The molecule has 17 heavy (non-hydrogen) atoms. The van der Waals surface area contributed by atoms with Crippen molar-refractivity contribution in [2.45, 2.75) is 29.5 Å². The first-order valence-corrected chi connectivity index (χ1v) is 7.62. The molecule has 1 aromatic heterocycles. The van der Waals surface area contributed by atoms with Gasteiger partial charge >= 0.3 is 0 Å². The minimum Gasteiger partial charge on any atom is -0.329 e. The Labute approximate surface area is 112 Å². The van der Waals surface area contributed by atoms with Crippen LogP contribution in [0.3, 0.4) is 0 Å². The molecule has 2 rings (SSSR count). The highest BCUT2D eigenvalue weighted by atomic mass is 35.5. The van der Waals surface area contributed by atoms with Crippen molar-refractivity contribution in [2.24, 2.45) is 11.7 Å². The van der Waals surface area contributed by atoms with Crippen molar-refractivity contribution < 1.29 is 8.42 Å². The van der Waals surface area contributed by atoms with E-state index in [2.05, 4.69) is 4.72 Å². The van der Waals surface area contributed by atoms with Crippen LogP contribution in [-0.2, 0) is 10.0 Å². The van der Waals surface area contributed by atoms with E-state index in [1.54, 1.807) is 17.5 Å². The van der Waals surface area contributed by atoms with Crippen LogP contribution >= 0.6 is 23.7 Å². The third-order valence-electron chi connectivity index (χ3n) is 3.03. The van der Waals surface area contributed by atoms with Crippen molar-refractivity contribution >= 4 is 33.8 Å². The number of thiophene rings is 1. The van der Waals surface area contributed by atoms with Crippen molar-refractivity contribution in [3.8, 4) is 0 Å². The standard InChI is InChI=1S/C10H16N2O2S2.ClH/c1-10(7-11,8-4-5-8)12-16(13,14)9-3-2-6-15-9;/h2-3,6,8,12H,4-5,7,11H2,1H3;1H. The number of nitrogens with one attached hydrogen (secondary N) is 1. The highest BCUT2D eigenvalue weighted by molar-refractivity contribution is 7.91. The summed E-state index contributed by atoms with van der Waals surface area (Å²) in [7, 11) is -3.40. The fraction of sp³-hybridized carbons (Fsp3) is 0.600. The maximum atomic E-state index is 12.0. The van der Waals surface area contributed by atoms with E-state index in [1.807, 2.05) is 6.92 Å². The van der Waals surface area contributed by atoms with E-state index in [4.69, 9.17) is 5.73 Å². The van der Waals surface area contributed by atoms with Gasteiger partial charge in [0.2, 0.25) is 0 Å². The minimum atomic E-state index is -3.40. The van der Waals surface area contributed by atoms with Crippen molar-refractivity contribution in [3.05, 3.63) is 17.5 Å². The van der Waals surface area contributed by atoms with Crippen LogP contribution < -0.4 is 10.5 Å². The third kappa shape index (κ3) is 3.20. The molecule has 0 aliphatic heterocycles. The molecule has 4 nitrogen and oxygen atoms in total. The van der Waals surface area contributed by atoms with Gasteiger partial charge < -0.3 is 5.73 Å². The van der Waals surface area contributed by atoms with E-state index in [-0.39, 0.29) is 12.4 Å². The molecule has 1 aliphatic carbocycles. The lowest BCUT2D eigenvalue weighted by Gasteiger charge is -2.28. The Morgan fingerprint density at radius 2 is 2.24 bits per heavy atom. The Bertz CT molecular complexity index is 457. The van der Waals surface area contributed by atoms with Crippen LogP contribution in [0.25, 0.3) is 0 Å². The molecule has 0 radical (unpaired) electrons. The summed E-state index contributed by atoms with van der Waals surface area (Å²) in [6.07, 6.45) is 2.11. The summed E-state index contributed by atoms with van der Waals surface area (Å²) in [5.41, 5.74) is 5.19. The van der Waals surface area contributed by atoms with Gasteiger partial charge in [-0.3, -0.25) is 0 Å². The molecule has 1 unspecified atom stereocenters. The van der Waals surface area contributed by atoms with Gasteiger partial charge in [-0.1, -0.05) is 6.07 Å². The molecule has 1 aliphatic rings. The molecule has 1 heterocycles. The molecule has 1 fully saturated rings. The lowest BCUT2D eigenvalue weighted by molar-refractivity contribution is 0.374. The molecule has 98 valence electrons. The summed E-state index contributed by atoms with van der Waals surface area (Å²) in [5.74, 6) is 0.382. The van der Waals surface area contributed by atoms with Crippen LogP contribution in [0, 0.1) is 5.92 Å². The Kier molecular flexibility index (Phi) is 4.60. The number of nitrogens with two attached hydrogens (primary N) is 1. The molecular formula is C10H17ClN2O2S2. The van der Waals surface area contributed by atoms with Crippen LogP contribution in [0.5, 0.6) is 0 Å². The molecule has 3 N–H and O–H groups in total. The topological polar surface area (TPSA) is 72.2 Å². The summed E-state index contributed by atoms with van der Waals surface area (Å²) in [5, 5.41) is 1.76. The SMILES string of the molecule is CC(CN)(NS(=O)(=O)c1cccs1)C1CC1.Cl. The zero-order valence-electron chi connectivity index (χ0n) is 9.55. The molecule has 0 aromatic carbocycles. The normalized spacial score (nSPS) is 19.4. The van der Waals surface area contributed by atoms with E-state index >= 15 is 0 Å². The molecule has 0 amide bonds. The third-order valence-corrected chi connectivity index (χ3v) is 6.04. The van der Waals surface area contributed by atoms with Gasteiger partial charge in [-0.2, -0.15) is 0 Å². The molecule has 7 heteroatoms. The molecule has 1 saturated carbocycles. The van der Waals surface area contributed by atoms with Crippen LogP contribution in [0.4, 0.5) is 0 Å². The van der Waals surface area contributed by atoms with E-state index in [0.717, 1.165) is 12.8 Å². The Balaban J connectivity index is 0.00000144. The van der Waals surface area contributed by atoms with Gasteiger partial charge in [0.25, 0.3) is 10.0 Å². The number of sulfonamides is 1. The summed E-state index contributed by atoms with van der Waals surface area (Å²) >= 11 is 1.22. The van der Waals surface area contributed by atoms with Gasteiger partial charge in [0.05, 0.1) is 0 Å². The van der Waals surface area contributed by atoms with Crippen LogP contribution in [0.1, 0.15) is 19.8 Å². The fourth-order valence-corrected chi connectivity index (χ4v) is 4.25. The molecule has 1 aromatic rings. The second-order valence-corrected chi connectivity index (χ2v) is 7.29. The Morgan fingerprint density at radius 1 is 1.59 bits per heavy atom. The zero-order chi connectivity index (χ0) is 11.8. The van der Waals surface area contributed by atoms with Crippen LogP contribution in [0.2, 0.25) is 0 Å². The first-order valence-electron chi connectivity index (χ1n) is 5.25. The van der Waals surface area contributed by atoms with Crippen molar-refractivity contribution in [1.29, 1.82) is 0 Å². The fourth-order valence-electron chi connectivity index (χ4n) is 1.79. The summed E-state index contributed by atoms with van der Waals surface area (Å²) < 4.78 is 27.2. The Morgan fingerprint density at radius 3 is 2.65 bits per heavy atom. The Hall–Kier alpha value is -0.140. The maximum Gasteiger partial charge on any atom is 0.250 e. The van der Waals surface area contributed by atoms with Crippen molar-refractivity contribution in [1.82, 2.24) is 4.72 Å². The van der Waals surface area contributed by atoms with E-state index in [1.165, 1.54) is 11.3 Å². The van der Waals surface area contributed by atoms with Gasteiger partial charge in [0, 0.05) is 12.1 Å². The van der Waals surface area contributed by atoms with Crippen LogP contribution in [-0.4, -0.2) is 20.5 Å². The quantitative estimate of drug-likeness (QED) is 0.866. The molecule has 1 atom stereocenters. The average Bonchev–Trinajstić information content (AvgIpc) is 2.93. The van der Waals surface area contributed by atoms with Gasteiger partial charge in [-0.05, 0) is 37.1 Å². The second-order valence-electron chi connectivity index (χ2n) is 4.43. The number of hydrogen-bond donors (Lipinski definition) is 2. The summed E-state index contributed by atoms with van der Waals surface area (Å²) in [6, 6.07) is 3.34. The average molecular weight is 297 g/mol. The van der Waals surface area contributed by atoms with Gasteiger partial charge in [0.15, 0.2) is 0 Å². The largest absolute Gasteiger partial charge is 0.329 e. The predicted octanol–water partition coefficient (Wildman–Crippen LogP) is 1.58. The van der Waals surface area contributed by atoms with Gasteiger partial charge in [0.1, 0.15) is 4.21 Å². The van der Waals surface area contributed by atoms with Crippen LogP contribution in [0.15, 0.2) is 21.7 Å². The lowest BCUT2D eigenvalue weighted by Crippen LogP contribution is -2.52. The molecule has 0 saturated heterocycles. The predicted molar refractivity (Wildman–Crippen MR) is 72.1 cm³/mol. The summed E-state index contributed by atoms with van der Waals surface area (Å²) in [4.78, 5) is 0. The highest BCUT2D eigenvalue weighted by Gasteiger charge is 2.43. The second kappa shape index (κ2) is 5.24. The number of halogens is 1. The first kappa shape index (κ1) is 14.9. The van der Waals surface area contributed by atoms with Crippen molar-refractivity contribution in [2.75, 3.05) is 6.54 Å². The van der Waals surface area contributed by atoms with E-state index in [0.29, 0.717) is 16.7 Å². The van der Waals surface area contributed by atoms with E-state index < -0.39 is 15.6 Å². The highest BCUT2D eigenvalue weighted by Crippen LogP contribution is 2.39. The number of hydrogen-bond acceptors (Lipinski definition) is 4. The van der Waals surface area contributed by atoms with Gasteiger partial charge in [-0.15, -0.1) is 23.7 Å². The zero-order valence-corrected chi connectivity index (χ0v) is 12.0. The minimum absolute atomic E-state index is 0. The van der Waals surface area contributed by atoms with Crippen molar-refractivity contribution in [3.63, 3.8) is 0 Å². The lowest BCUT2D eigenvalue weighted by atomic mass is 9.98. The smallest absolute Gasteiger partial charge is 0.250 e. The monoisotopic (exact) mass is 296 g/mol. The first-order chi connectivity index (χ1) is 7.48.